The van der Waals surface area contributed by atoms with E-state index in [1.807, 2.05) is 78.9 Å². The first kappa shape index (κ1) is 19.7. The highest BCUT2D eigenvalue weighted by molar-refractivity contribution is 5.94. The molecule has 0 aliphatic carbocycles. The molecule has 2 N–H and O–H groups in total. The molecule has 3 aromatic rings. The molecular weight excluding hydrogens is 338 g/mol. The number of carboxylic acid groups (broad SMARTS) is 1. The van der Waals surface area contributed by atoms with Gasteiger partial charge in [-0.25, -0.2) is 4.79 Å². The van der Waals surface area contributed by atoms with Gasteiger partial charge in [-0.3, -0.25) is 4.79 Å². The molecule has 0 aliphatic heterocycles. The van der Waals surface area contributed by atoms with Gasteiger partial charge in [0.25, 0.3) is 5.91 Å². The van der Waals surface area contributed by atoms with Gasteiger partial charge in [0.1, 0.15) is 0 Å². The van der Waals surface area contributed by atoms with E-state index in [2.05, 4.69) is 5.32 Å². The molecular formula is C23H21NO3. The molecule has 0 saturated carbocycles. The fraction of sp³-hybridized carbons (Fsp3) is 0.0435. The average molecular weight is 359 g/mol. The summed E-state index contributed by atoms with van der Waals surface area (Å²) in [5.41, 5.74) is 2.69. The number of rotatable bonds is 5. The van der Waals surface area contributed by atoms with Crippen LogP contribution in [0.25, 0.3) is 6.08 Å². The van der Waals surface area contributed by atoms with Crippen molar-refractivity contribution < 1.29 is 14.7 Å². The van der Waals surface area contributed by atoms with Crippen LogP contribution in [0.4, 0.5) is 0 Å². The SMILES string of the molecule is O=C(NCc1ccccc1)c1ccccc1.O=C(O)C=Cc1ccccc1. The van der Waals surface area contributed by atoms with Gasteiger partial charge in [0.15, 0.2) is 0 Å². The smallest absolute Gasteiger partial charge is 0.328 e. The Kier molecular flexibility index (Phi) is 8.05. The zero-order valence-electron chi connectivity index (χ0n) is 14.8. The van der Waals surface area contributed by atoms with Crippen LogP contribution in [0, 0.1) is 0 Å². The second-order valence-electron chi connectivity index (χ2n) is 5.62. The van der Waals surface area contributed by atoms with Gasteiger partial charge in [-0.05, 0) is 29.3 Å². The van der Waals surface area contributed by atoms with E-state index in [0.29, 0.717) is 12.1 Å². The molecule has 0 radical (unpaired) electrons. The third kappa shape index (κ3) is 7.84. The summed E-state index contributed by atoms with van der Waals surface area (Å²) in [6, 6.07) is 28.4. The largest absolute Gasteiger partial charge is 0.478 e. The molecule has 3 rings (SSSR count). The first-order chi connectivity index (χ1) is 13.1. The highest BCUT2D eigenvalue weighted by atomic mass is 16.4. The number of hydrogen-bond donors (Lipinski definition) is 2. The van der Waals surface area contributed by atoms with E-state index in [1.54, 1.807) is 18.2 Å². The highest BCUT2D eigenvalue weighted by Crippen LogP contribution is 2.01. The average Bonchev–Trinajstić information content (AvgIpc) is 2.73. The molecule has 136 valence electrons. The predicted octanol–water partition coefficient (Wildman–Crippen LogP) is 4.40. The van der Waals surface area contributed by atoms with Gasteiger partial charge in [0.2, 0.25) is 0 Å². The minimum Gasteiger partial charge on any atom is -0.478 e. The number of benzene rings is 3. The Bertz CT molecular complexity index is 860. The molecule has 0 saturated heterocycles. The van der Waals surface area contributed by atoms with E-state index in [4.69, 9.17) is 5.11 Å². The van der Waals surface area contributed by atoms with Gasteiger partial charge in [0, 0.05) is 18.2 Å². The van der Waals surface area contributed by atoms with Crippen molar-refractivity contribution in [1.82, 2.24) is 5.32 Å². The predicted molar refractivity (Wildman–Crippen MR) is 107 cm³/mol. The molecule has 4 heteroatoms. The van der Waals surface area contributed by atoms with Crippen molar-refractivity contribution >= 4 is 18.0 Å². The van der Waals surface area contributed by atoms with Crippen LogP contribution in [0.2, 0.25) is 0 Å². The molecule has 0 bridgehead atoms. The molecule has 0 fully saturated rings. The van der Waals surface area contributed by atoms with E-state index >= 15 is 0 Å². The Hall–Kier alpha value is -3.66. The Labute approximate surface area is 158 Å². The van der Waals surface area contributed by atoms with E-state index in [0.717, 1.165) is 17.2 Å². The molecule has 0 spiro atoms. The molecule has 0 heterocycles. The Balaban J connectivity index is 0.000000208. The number of hydrogen-bond acceptors (Lipinski definition) is 2. The van der Waals surface area contributed by atoms with Crippen molar-refractivity contribution in [3.05, 3.63) is 114 Å². The van der Waals surface area contributed by atoms with Crippen molar-refractivity contribution in [3.8, 4) is 0 Å². The fourth-order valence-corrected chi connectivity index (χ4v) is 2.20. The summed E-state index contributed by atoms with van der Waals surface area (Å²) in [4.78, 5) is 21.8. The number of amides is 1. The van der Waals surface area contributed by atoms with E-state index in [9.17, 15) is 9.59 Å². The lowest BCUT2D eigenvalue weighted by Gasteiger charge is -2.04. The van der Waals surface area contributed by atoms with Gasteiger partial charge in [-0.1, -0.05) is 78.9 Å². The summed E-state index contributed by atoms with van der Waals surface area (Å²) in [5, 5.41) is 11.2. The lowest BCUT2D eigenvalue weighted by Crippen LogP contribution is -2.22. The summed E-state index contributed by atoms with van der Waals surface area (Å²) in [7, 11) is 0. The molecule has 3 aromatic carbocycles. The van der Waals surface area contributed by atoms with Crippen molar-refractivity contribution in [2.24, 2.45) is 0 Å². The maximum absolute atomic E-state index is 11.7. The molecule has 4 nitrogen and oxygen atoms in total. The highest BCUT2D eigenvalue weighted by Gasteiger charge is 2.02. The van der Waals surface area contributed by atoms with Gasteiger partial charge >= 0.3 is 5.97 Å². The maximum Gasteiger partial charge on any atom is 0.328 e. The first-order valence-electron chi connectivity index (χ1n) is 8.48. The Morgan fingerprint density at radius 3 is 1.85 bits per heavy atom. The minimum atomic E-state index is -0.922. The van der Waals surface area contributed by atoms with Crippen LogP contribution in [0.5, 0.6) is 0 Å². The zero-order valence-corrected chi connectivity index (χ0v) is 14.8. The van der Waals surface area contributed by atoms with Crippen LogP contribution in [-0.4, -0.2) is 17.0 Å². The maximum atomic E-state index is 11.7. The standard InChI is InChI=1S/C14H13NO.C9H8O2/c16-14(13-9-5-2-6-10-13)15-11-12-7-3-1-4-8-12;10-9(11)7-6-8-4-2-1-3-5-8/h1-10H,11H2,(H,15,16);1-7H,(H,10,11). The molecule has 1 amide bonds. The van der Waals surface area contributed by atoms with Crippen molar-refractivity contribution in [3.63, 3.8) is 0 Å². The van der Waals surface area contributed by atoms with E-state index in [1.165, 1.54) is 0 Å². The number of carboxylic acids is 1. The number of aliphatic carboxylic acids is 1. The molecule has 0 aromatic heterocycles. The summed E-state index contributed by atoms with van der Waals surface area (Å²) in [6.07, 6.45) is 2.68. The van der Waals surface area contributed by atoms with Crippen LogP contribution in [0.15, 0.2) is 97.1 Å². The second-order valence-corrected chi connectivity index (χ2v) is 5.62. The van der Waals surface area contributed by atoms with Crippen LogP contribution in [-0.2, 0) is 11.3 Å². The third-order valence-corrected chi connectivity index (χ3v) is 3.55. The fourth-order valence-electron chi connectivity index (χ4n) is 2.20. The summed E-state index contributed by atoms with van der Waals surface area (Å²) in [5.74, 6) is -0.960. The second kappa shape index (κ2) is 11.1. The van der Waals surface area contributed by atoms with Crippen LogP contribution >= 0.6 is 0 Å². The minimum absolute atomic E-state index is 0.0375. The van der Waals surface area contributed by atoms with Crippen LogP contribution in [0.1, 0.15) is 21.5 Å². The van der Waals surface area contributed by atoms with Crippen molar-refractivity contribution in [1.29, 1.82) is 0 Å². The summed E-state index contributed by atoms with van der Waals surface area (Å²) >= 11 is 0. The van der Waals surface area contributed by atoms with Crippen molar-refractivity contribution in [2.75, 3.05) is 0 Å². The van der Waals surface area contributed by atoms with Crippen LogP contribution in [0.3, 0.4) is 0 Å². The van der Waals surface area contributed by atoms with E-state index < -0.39 is 5.97 Å². The first-order valence-corrected chi connectivity index (χ1v) is 8.48. The summed E-state index contributed by atoms with van der Waals surface area (Å²) < 4.78 is 0. The topological polar surface area (TPSA) is 66.4 Å². The number of carbonyl (C=O) groups excluding carboxylic acids is 1. The molecule has 0 unspecified atom stereocenters. The quantitative estimate of drug-likeness (QED) is 0.664. The molecule has 27 heavy (non-hydrogen) atoms. The van der Waals surface area contributed by atoms with Gasteiger partial charge < -0.3 is 10.4 Å². The Morgan fingerprint density at radius 1 is 0.778 bits per heavy atom. The normalized spacial score (nSPS) is 9.93. The number of carbonyl (C=O) groups is 2. The van der Waals surface area contributed by atoms with Gasteiger partial charge in [-0.2, -0.15) is 0 Å². The van der Waals surface area contributed by atoms with Crippen molar-refractivity contribution in [2.45, 2.75) is 6.54 Å². The Morgan fingerprint density at radius 2 is 1.30 bits per heavy atom. The monoisotopic (exact) mass is 359 g/mol. The summed E-state index contributed by atoms with van der Waals surface area (Å²) in [6.45, 7) is 0.564. The van der Waals surface area contributed by atoms with Crippen LogP contribution < -0.4 is 5.32 Å². The third-order valence-electron chi connectivity index (χ3n) is 3.55. The van der Waals surface area contributed by atoms with Gasteiger partial charge in [0.05, 0.1) is 0 Å². The zero-order chi connectivity index (χ0) is 19.3. The molecule has 0 atom stereocenters. The number of nitrogens with one attached hydrogen (secondary N) is 1. The van der Waals surface area contributed by atoms with Gasteiger partial charge in [-0.15, -0.1) is 0 Å². The lowest BCUT2D eigenvalue weighted by atomic mass is 10.2. The van der Waals surface area contributed by atoms with E-state index in [-0.39, 0.29) is 5.91 Å². The lowest BCUT2D eigenvalue weighted by molar-refractivity contribution is -0.131. The molecule has 0 aliphatic rings.